The predicted molar refractivity (Wildman–Crippen MR) is 109 cm³/mol. The Hall–Kier alpha value is -3.25. The summed E-state index contributed by atoms with van der Waals surface area (Å²) in [6, 6.07) is 17.0. The average molecular weight is 375 g/mol. The van der Waals surface area contributed by atoms with Crippen LogP contribution in [-0.2, 0) is 0 Å². The van der Waals surface area contributed by atoms with E-state index in [0.717, 1.165) is 26.2 Å². The van der Waals surface area contributed by atoms with E-state index < -0.39 is 0 Å². The molecule has 2 heterocycles. The summed E-state index contributed by atoms with van der Waals surface area (Å²) in [5.41, 5.74) is 5.56. The van der Waals surface area contributed by atoms with E-state index in [-0.39, 0.29) is 11.5 Å². The molecule has 4 rings (SSSR count). The molecule has 0 atom stereocenters. The molecule has 6 heteroatoms. The lowest BCUT2D eigenvalue weighted by Crippen LogP contribution is -2.33. The highest BCUT2D eigenvalue weighted by Gasteiger charge is 2.18. The number of carbonyl (C=O) groups is 1. The summed E-state index contributed by atoms with van der Waals surface area (Å²) >= 11 is 1.48. The Labute approximate surface area is 159 Å². The smallest absolute Gasteiger partial charge is 0.267 e. The van der Waals surface area contributed by atoms with Crippen LogP contribution in [0.1, 0.15) is 20.8 Å². The molecule has 0 aliphatic heterocycles. The van der Waals surface area contributed by atoms with Gasteiger partial charge in [-0.2, -0.15) is 0 Å². The summed E-state index contributed by atoms with van der Waals surface area (Å²) in [5, 5.41) is 0.524. The van der Waals surface area contributed by atoms with Gasteiger partial charge in [0.25, 0.3) is 11.5 Å². The van der Waals surface area contributed by atoms with Gasteiger partial charge < -0.3 is 0 Å². The molecule has 2 aromatic heterocycles. The lowest BCUT2D eigenvalue weighted by atomic mass is 10.0. The van der Waals surface area contributed by atoms with Gasteiger partial charge >= 0.3 is 0 Å². The summed E-state index contributed by atoms with van der Waals surface area (Å²) in [5.74, 6) is -0.343. The van der Waals surface area contributed by atoms with Crippen LogP contribution in [0, 0.1) is 13.8 Å². The van der Waals surface area contributed by atoms with Crippen LogP contribution in [0.15, 0.2) is 65.7 Å². The molecule has 5 nitrogen and oxygen atoms in total. The maximum absolute atomic E-state index is 13.1. The van der Waals surface area contributed by atoms with Crippen LogP contribution in [0.5, 0.6) is 0 Å². The molecule has 0 aliphatic rings. The monoisotopic (exact) mass is 375 g/mol. The fraction of sp³-hybridized carbons (Fsp3) is 0.0952. The molecule has 0 radical (unpaired) electrons. The van der Waals surface area contributed by atoms with Crippen molar-refractivity contribution in [3.63, 3.8) is 0 Å². The number of carbonyl (C=O) groups excluding carboxylic acids is 1. The molecule has 1 amide bonds. The third-order valence-electron chi connectivity index (χ3n) is 4.46. The number of hydrogen-bond acceptors (Lipinski definition) is 4. The van der Waals surface area contributed by atoms with Gasteiger partial charge in [-0.1, -0.05) is 48.5 Å². The molecule has 1 N–H and O–H groups in total. The number of rotatable bonds is 3. The molecule has 0 saturated heterocycles. The molecule has 134 valence electrons. The van der Waals surface area contributed by atoms with Crippen molar-refractivity contribution in [3.05, 3.63) is 87.3 Å². The van der Waals surface area contributed by atoms with Gasteiger partial charge in [-0.05, 0) is 31.0 Å². The zero-order valence-electron chi connectivity index (χ0n) is 14.9. The van der Waals surface area contributed by atoms with Crippen molar-refractivity contribution >= 4 is 27.5 Å². The molecule has 4 aromatic rings. The topological polar surface area (TPSA) is 64.0 Å². The Bertz CT molecular complexity index is 1210. The Morgan fingerprint density at radius 2 is 1.74 bits per heavy atom. The van der Waals surface area contributed by atoms with E-state index in [4.69, 9.17) is 0 Å². The van der Waals surface area contributed by atoms with Crippen LogP contribution in [0.3, 0.4) is 0 Å². The van der Waals surface area contributed by atoms with E-state index in [0.29, 0.717) is 15.8 Å². The number of thiophene rings is 1. The highest BCUT2D eigenvalue weighted by Crippen LogP contribution is 2.35. The molecular weight excluding hydrogens is 358 g/mol. The summed E-state index contributed by atoms with van der Waals surface area (Å²) in [4.78, 5) is 31.8. The number of benzene rings is 2. The average Bonchev–Trinajstić information content (AvgIpc) is 3.02. The molecule has 2 aromatic carbocycles. The Kier molecular flexibility index (Phi) is 4.33. The second-order valence-corrected chi connectivity index (χ2v) is 7.46. The first kappa shape index (κ1) is 17.2. The quantitative estimate of drug-likeness (QED) is 0.586. The molecule has 0 unspecified atom stereocenters. The minimum Gasteiger partial charge on any atom is -0.267 e. The highest BCUT2D eigenvalue weighted by molar-refractivity contribution is 7.19. The SMILES string of the molecule is Cc1ccccc1C(=O)Nn1cnc2sc(C)c(-c3ccccc3)c2c1=O. The van der Waals surface area contributed by atoms with Gasteiger partial charge in [0.15, 0.2) is 0 Å². The van der Waals surface area contributed by atoms with Gasteiger partial charge in [0.2, 0.25) is 0 Å². The van der Waals surface area contributed by atoms with Crippen molar-refractivity contribution in [1.82, 2.24) is 9.66 Å². The van der Waals surface area contributed by atoms with Crippen molar-refractivity contribution in [2.45, 2.75) is 13.8 Å². The number of aryl methyl sites for hydroxylation is 2. The first-order chi connectivity index (χ1) is 13.1. The minimum absolute atomic E-state index is 0.287. The maximum atomic E-state index is 13.1. The number of nitrogens with zero attached hydrogens (tertiary/aromatic N) is 2. The van der Waals surface area contributed by atoms with Crippen LogP contribution in [0.25, 0.3) is 21.3 Å². The zero-order valence-corrected chi connectivity index (χ0v) is 15.7. The Balaban J connectivity index is 1.82. The van der Waals surface area contributed by atoms with E-state index >= 15 is 0 Å². The van der Waals surface area contributed by atoms with Crippen molar-refractivity contribution in [3.8, 4) is 11.1 Å². The molecule has 0 fully saturated rings. The van der Waals surface area contributed by atoms with Gasteiger partial charge in [-0.15, -0.1) is 11.3 Å². The molecular formula is C21H17N3O2S. The fourth-order valence-corrected chi connectivity index (χ4v) is 4.14. The van der Waals surface area contributed by atoms with Gasteiger partial charge in [0.05, 0.1) is 5.39 Å². The third-order valence-corrected chi connectivity index (χ3v) is 5.48. The van der Waals surface area contributed by atoms with Crippen LogP contribution in [0.4, 0.5) is 0 Å². The Morgan fingerprint density at radius 3 is 2.48 bits per heavy atom. The third kappa shape index (κ3) is 3.04. The lowest BCUT2D eigenvalue weighted by molar-refractivity contribution is 0.101. The van der Waals surface area contributed by atoms with Crippen LogP contribution >= 0.6 is 11.3 Å². The van der Waals surface area contributed by atoms with E-state index in [2.05, 4.69) is 10.4 Å². The van der Waals surface area contributed by atoms with Crippen LogP contribution in [0.2, 0.25) is 0 Å². The molecule has 0 bridgehead atoms. The second kappa shape index (κ2) is 6.81. The molecule has 0 aliphatic carbocycles. The van der Waals surface area contributed by atoms with E-state index in [1.54, 1.807) is 12.1 Å². The summed E-state index contributed by atoms with van der Waals surface area (Å²) in [6.45, 7) is 3.83. The first-order valence-corrected chi connectivity index (χ1v) is 9.31. The molecule has 0 spiro atoms. The van der Waals surface area contributed by atoms with Crippen molar-refractivity contribution < 1.29 is 4.79 Å². The number of hydrogen-bond donors (Lipinski definition) is 1. The molecule has 27 heavy (non-hydrogen) atoms. The second-order valence-electron chi connectivity index (χ2n) is 6.25. The van der Waals surface area contributed by atoms with Gasteiger partial charge in [-0.25, -0.2) is 9.66 Å². The van der Waals surface area contributed by atoms with Gasteiger partial charge in [0, 0.05) is 16.0 Å². The maximum Gasteiger partial charge on any atom is 0.281 e. The fourth-order valence-electron chi connectivity index (χ4n) is 3.13. The van der Waals surface area contributed by atoms with Gasteiger partial charge in [-0.3, -0.25) is 15.0 Å². The number of aromatic nitrogens is 2. The predicted octanol–water partition coefficient (Wildman–Crippen LogP) is 4.13. The minimum atomic E-state index is -0.343. The summed E-state index contributed by atoms with van der Waals surface area (Å²) in [7, 11) is 0. The Morgan fingerprint density at radius 1 is 1.04 bits per heavy atom. The standard InChI is InChI=1S/C21H17N3O2S/c1-13-8-6-7-11-16(13)19(25)23-24-12-22-20-18(21(24)26)17(14(2)27-20)15-9-4-3-5-10-15/h3-12H,1-2H3,(H,23,25). The van der Waals surface area contributed by atoms with E-state index in [9.17, 15) is 9.59 Å². The number of fused-ring (bicyclic) bond motifs is 1. The summed E-state index contributed by atoms with van der Waals surface area (Å²) < 4.78 is 1.16. The summed E-state index contributed by atoms with van der Waals surface area (Å²) in [6.07, 6.45) is 1.37. The van der Waals surface area contributed by atoms with E-state index in [1.165, 1.54) is 17.7 Å². The van der Waals surface area contributed by atoms with Gasteiger partial charge in [0.1, 0.15) is 11.2 Å². The number of nitrogens with one attached hydrogen (secondary N) is 1. The van der Waals surface area contributed by atoms with Crippen LogP contribution in [-0.4, -0.2) is 15.6 Å². The van der Waals surface area contributed by atoms with Crippen molar-refractivity contribution in [2.75, 3.05) is 5.43 Å². The zero-order chi connectivity index (χ0) is 19.0. The first-order valence-electron chi connectivity index (χ1n) is 8.49. The largest absolute Gasteiger partial charge is 0.281 e. The van der Waals surface area contributed by atoms with E-state index in [1.807, 2.05) is 56.3 Å². The highest BCUT2D eigenvalue weighted by atomic mass is 32.1. The number of amides is 1. The molecule has 0 saturated carbocycles. The van der Waals surface area contributed by atoms with Crippen molar-refractivity contribution in [1.29, 1.82) is 0 Å². The van der Waals surface area contributed by atoms with Crippen LogP contribution < -0.4 is 11.0 Å². The normalized spacial score (nSPS) is 10.9. The lowest BCUT2D eigenvalue weighted by Gasteiger charge is -2.10. The van der Waals surface area contributed by atoms with Crippen molar-refractivity contribution in [2.24, 2.45) is 0 Å².